The van der Waals surface area contributed by atoms with Crippen LogP contribution >= 0.6 is 0 Å². The van der Waals surface area contributed by atoms with Crippen molar-refractivity contribution in [3.8, 4) is 11.8 Å². The van der Waals surface area contributed by atoms with Crippen molar-refractivity contribution in [3.63, 3.8) is 0 Å². The highest BCUT2D eigenvalue weighted by Gasteiger charge is 2.45. The minimum atomic E-state index is -1.12. The van der Waals surface area contributed by atoms with E-state index in [0.29, 0.717) is 67.7 Å². The molecule has 0 radical (unpaired) electrons. The molecule has 1 saturated carbocycles. The molecule has 5 amide bonds. The predicted octanol–water partition coefficient (Wildman–Crippen LogP) is 4.94. The number of nitrogens with one attached hydrogen (secondary N) is 2. The highest BCUT2D eigenvalue weighted by molar-refractivity contribution is 6.23. The second-order valence-electron chi connectivity index (χ2n) is 16.9. The first-order chi connectivity index (χ1) is 30.0. The van der Waals surface area contributed by atoms with Crippen molar-refractivity contribution in [3.05, 3.63) is 94.7 Å². The monoisotopic (exact) mass is 844 g/mol. The number of benzene rings is 3. The number of nitriles is 1. The Labute approximate surface area is 356 Å². The van der Waals surface area contributed by atoms with E-state index in [1.165, 1.54) is 12.1 Å². The first kappa shape index (κ1) is 40.9. The van der Waals surface area contributed by atoms with E-state index in [1.54, 1.807) is 24.4 Å². The van der Waals surface area contributed by atoms with Crippen LogP contribution in [-0.4, -0.2) is 108 Å². The number of aromatic nitrogens is 1. The van der Waals surface area contributed by atoms with Gasteiger partial charge in [-0.05, 0) is 105 Å². The molecule has 4 aliphatic heterocycles. The van der Waals surface area contributed by atoms with Crippen molar-refractivity contribution >= 4 is 51.8 Å². The highest BCUT2D eigenvalue weighted by Crippen LogP contribution is 2.35. The minimum Gasteiger partial charge on any atom is -0.490 e. The maximum absolute atomic E-state index is 15.5. The molecule has 1 atom stereocenters. The number of anilines is 2. The molecule has 9 rings (SSSR count). The summed E-state index contributed by atoms with van der Waals surface area (Å²) in [4.78, 5) is 75.1. The van der Waals surface area contributed by atoms with E-state index in [4.69, 9.17) is 4.74 Å². The maximum atomic E-state index is 15.5. The summed E-state index contributed by atoms with van der Waals surface area (Å²) in [6.45, 7) is 4.59. The van der Waals surface area contributed by atoms with Gasteiger partial charge in [-0.1, -0.05) is 0 Å². The molecule has 16 heteroatoms. The molecule has 4 aromatic rings. The van der Waals surface area contributed by atoms with Crippen molar-refractivity contribution < 1.29 is 37.5 Å². The van der Waals surface area contributed by atoms with Crippen LogP contribution in [0.2, 0.25) is 0 Å². The molecule has 2 N–H and O–H groups in total. The quantitative estimate of drug-likeness (QED) is 0.219. The average Bonchev–Trinajstić information content (AvgIpc) is 3.51. The minimum absolute atomic E-state index is 0.00273. The molecule has 5 heterocycles. The number of nitrogens with zero attached hydrogens (tertiary/aromatic N) is 6. The number of hydrogen-bond acceptors (Lipinski definition) is 11. The lowest BCUT2D eigenvalue weighted by Gasteiger charge is -2.40. The van der Waals surface area contributed by atoms with Crippen molar-refractivity contribution in [2.75, 3.05) is 55.6 Å². The van der Waals surface area contributed by atoms with Gasteiger partial charge in [0.15, 0.2) is 0 Å². The Morgan fingerprint density at radius 3 is 2.24 bits per heavy atom. The van der Waals surface area contributed by atoms with Crippen LogP contribution < -0.4 is 25.2 Å². The third-order valence-electron chi connectivity index (χ3n) is 13.1. The van der Waals surface area contributed by atoms with Crippen LogP contribution in [0.25, 0.3) is 10.9 Å². The number of hydrogen-bond donors (Lipinski definition) is 2. The van der Waals surface area contributed by atoms with E-state index in [0.717, 1.165) is 61.4 Å². The Hall–Kier alpha value is -6.47. The fraction of sp³-hybridized carbons (Fsp3) is 0.413. The molecule has 1 unspecified atom stereocenters. The lowest BCUT2D eigenvalue weighted by atomic mass is 9.92. The van der Waals surface area contributed by atoms with Gasteiger partial charge in [0.05, 0.1) is 39.7 Å². The summed E-state index contributed by atoms with van der Waals surface area (Å²) in [5.41, 5.74) is 2.07. The normalized spacial score (nSPS) is 22.4. The number of ether oxygens (including phenoxy) is 1. The molecule has 4 fully saturated rings. The summed E-state index contributed by atoms with van der Waals surface area (Å²) in [5.74, 6) is -2.85. The predicted molar refractivity (Wildman–Crippen MR) is 224 cm³/mol. The van der Waals surface area contributed by atoms with Crippen LogP contribution in [-0.2, 0) is 9.59 Å². The van der Waals surface area contributed by atoms with Crippen molar-refractivity contribution in [1.29, 1.82) is 5.26 Å². The van der Waals surface area contributed by atoms with E-state index in [9.17, 15) is 29.2 Å². The molecular formula is C46H46F2N8O6. The molecule has 3 saturated heterocycles. The van der Waals surface area contributed by atoms with Crippen LogP contribution in [0.5, 0.6) is 5.75 Å². The summed E-state index contributed by atoms with van der Waals surface area (Å²) in [6.07, 6.45) is 6.31. The molecule has 0 spiro atoms. The first-order valence-corrected chi connectivity index (χ1v) is 21.4. The van der Waals surface area contributed by atoms with Gasteiger partial charge in [0.25, 0.3) is 17.7 Å². The zero-order chi connectivity index (χ0) is 43.1. The topological polar surface area (TPSA) is 168 Å². The van der Waals surface area contributed by atoms with Gasteiger partial charge in [-0.2, -0.15) is 5.26 Å². The van der Waals surface area contributed by atoms with Crippen molar-refractivity contribution in [2.45, 2.75) is 69.6 Å². The van der Waals surface area contributed by atoms with Gasteiger partial charge >= 0.3 is 0 Å². The van der Waals surface area contributed by atoms with E-state index in [-0.39, 0.29) is 53.3 Å². The summed E-state index contributed by atoms with van der Waals surface area (Å²) in [6, 6.07) is 15.4. The fourth-order valence-corrected chi connectivity index (χ4v) is 9.63. The number of amides is 5. The first-order valence-electron chi connectivity index (χ1n) is 21.4. The molecule has 0 bridgehead atoms. The van der Waals surface area contributed by atoms with E-state index in [2.05, 4.69) is 26.6 Å². The third-order valence-corrected chi connectivity index (χ3v) is 13.1. The van der Waals surface area contributed by atoms with Crippen LogP contribution in [0.3, 0.4) is 0 Å². The molecule has 1 aliphatic carbocycles. The van der Waals surface area contributed by atoms with Gasteiger partial charge in [0, 0.05) is 75.4 Å². The number of fused-ring (bicyclic) bond motifs is 2. The Bertz CT molecular complexity index is 2500. The Morgan fingerprint density at radius 2 is 1.53 bits per heavy atom. The standard InChI is InChI=1S/C46H46F2N8O6/c47-35-22-28(43(58)51-30-5-7-31(8-6-30)62-40-11-4-29(25-49)42-32(40)2-1-15-50-42)3-9-37(35)54-16-13-27(14-17-54)26-53-18-20-55(21-19-53)39-24-34-33(23-36(39)48)45(60)56(46(34)61)38-10-12-41(57)52-44(38)59/h1-4,9,11,15,22-24,27,30-31,38H,5-8,10,12-14,16-21,26H2,(H,51,58)(H,52,57,59)/t30-,31-,38?. The zero-order valence-corrected chi connectivity index (χ0v) is 34.1. The van der Waals surface area contributed by atoms with Crippen LogP contribution in [0.15, 0.2) is 60.8 Å². The number of carbonyl (C=O) groups is 5. The molecule has 14 nitrogen and oxygen atoms in total. The Kier molecular flexibility index (Phi) is 11.3. The Morgan fingerprint density at radius 1 is 0.823 bits per heavy atom. The van der Waals surface area contributed by atoms with Crippen molar-refractivity contribution in [1.82, 2.24) is 25.4 Å². The van der Waals surface area contributed by atoms with Crippen LogP contribution in [0.4, 0.5) is 20.2 Å². The van der Waals surface area contributed by atoms with Gasteiger partial charge in [0.1, 0.15) is 29.5 Å². The number of piperidine rings is 2. The second kappa shape index (κ2) is 17.1. The smallest absolute Gasteiger partial charge is 0.262 e. The third kappa shape index (κ3) is 8.04. The maximum Gasteiger partial charge on any atom is 0.262 e. The molecule has 5 aliphatic rings. The Balaban J connectivity index is 0.723. The molecule has 3 aromatic carbocycles. The number of piperazine rings is 1. The number of halogens is 2. The van der Waals surface area contributed by atoms with Crippen molar-refractivity contribution in [2.24, 2.45) is 5.92 Å². The summed E-state index contributed by atoms with van der Waals surface area (Å²) in [5, 5.41) is 15.5. The van der Waals surface area contributed by atoms with E-state index >= 15 is 8.78 Å². The van der Waals surface area contributed by atoms with Gasteiger partial charge in [-0.25, -0.2) is 8.78 Å². The zero-order valence-electron chi connectivity index (χ0n) is 34.1. The molecular weight excluding hydrogens is 799 g/mol. The second-order valence-corrected chi connectivity index (χ2v) is 16.9. The molecule has 320 valence electrons. The van der Waals surface area contributed by atoms with Crippen LogP contribution in [0.1, 0.15) is 88.0 Å². The lowest BCUT2D eigenvalue weighted by molar-refractivity contribution is -0.136. The van der Waals surface area contributed by atoms with E-state index in [1.807, 2.05) is 28.0 Å². The molecule has 62 heavy (non-hydrogen) atoms. The SMILES string of the molecule is N#Cc1ccc(O[C@H]2CC[C@H](NC(=O)c3ccc(N4CCC(CN5CCN(c6cc7c(cc6F)C(=O)N(C6CCC(=O)NC6=O)C7=O)CC5)CC4)c(F)c3)CC2)c2cccnc12. The van der Waals surface area contributed by atoms with Gasteiger partial charge in [-0.3, -0.25) is 44.1 Å². The summed E-state index contributed by atoms with van der Waals surface area (Å²) in [7, 11) is 0. The summed E-state index contributed by atoms with van der Waals surface area (Å²) < 4.78 is 37.3. The number of rotatable bonds is 9. The number of pyridine rings is 1. The van der Waals surface area contributed by atoms with Crippen LogP contribution in [0, 0.1) is 28.9 Å². The van der Waals surface area contributed by atoms with Gasteiger partial charge in [0.2, 0.25) is 11.8 Å². The lowest BCUT2D eigenvalue weighted by Crippen LogP contribution is -2.54. The van der Waals surface area contributed by atoms with Gasteiger partial charge in [-0.15, -0.1) is 0 Å². The average molecular weight is 845 g/mol. The fourth-order valence-electron chi connectivity index (χ4n) is 9.63. The molecule has 1 aromatic heterocycles. The van der Waals surface area contributed by atoms with Gasteiger partial charge < -0.3 is 19.9 Å². The summed E-state index contributed by atoms with van der Waals surface area (Å²) >= 11 is 0. The highest BCUT2D eigenvalue weighted by atomic mass is 19.1. The number of carbonyl (C=O) groups excluding carboxylic acids is 5. The largest absolute Gasteiger partial charge is 0.490 e. The number of imide groups is 2. The van der Waals surface area contributed by atoms with E-state index < -0.39 is 41.3 Å².